The van der Waals surface area contributed by atoms with Gasteiger partial charge in [0.25, 0.3) is 0 Å². The van der Waals surface area contributed by atoms with Crippen molar-refractivity contribution >= 4 is 32.7 Å². The highest BCUT2D eigenvalue weighted by molar-refractivity contribution is 9.10. The molecule has 100 valence electrons. The van der Waals surface area contributed by atoms with Crippen LogP contribution in [0.5, 0.6) is 0 Å². The molecule has 0 fully saturated rings. The van der Waals surface area contributed by atoms with Gasteiger partial charge in [-0.3, -0.25) is 0 Å². The first-order valence-electron chi connectivity index (χ1n) is 6.43. The molecule has 2 heterocycles. The number of hydrogen-bond acceptors (Lipinski definition) is 2. The first-order valence-corrected chi connectivity index (χ1v) is 7.22. The number of halogens is 2. The van der Waals surface area contributed by atoms with E-state index in [4.69, 9.17) is 0 Å². The van der Waals surface area contributed by atoms with Gasteiger partial charge in [0.2, 0.25) is 0 Å². The summed E-state index contributed by atoms with van der Waals surface area (Å²) >= 11 is 3.19. The van der Waals surface area contributed by atoms with E-state index in [0.717, 1.165) is 29.9 Å². The molecule has 1 aliphatic rings. The number of nitrogens with one attached hydrogen (secondary N) is 2. The van der Waals surface area contributed by atoms with Crippen LogP contribution in [-0.2, 0) is 6.42 Å². The van der Waals surface area contributed by atoms with E-state index in [1.54, 1.807) is 6.07 Å². The molecule has 3 aromatic rings. The molecule has 0 aliphatic carbocycles. The maximum Gasteiger partial charge on any atom is 0.139 e. The Hall–Kier alpha value is -1.88. The molecule has 0 unspecified atom stereocenters. The number of fused-ring (bicyclic) bond motifs is 2. The van der Waals surface area contributed by atoms with Crippen LogP contribution in [0.2, 0.25) is 0 Å². The fraction of sp³-hybridized carbons (Fsp3) is 0.133. The Kier molecular flexibility index (Phi) is 2.57. The molecule has 0 amide bonds. The molecular formula is C15H11BrFN3. The monoisotopic (exact) mass is 331 g/mol. The Balaban J connectivity index is 1.86. The summed E-state index contributed by atoms with van der Waals surface area (Å²) in [5.41, 5.74) is 4.99. The Morgan fingerprint density at radius 2 is 2.10 bits per heavy atom. The van der Waals surface area contributed by atoms with Crippen molar-refractivity contribution in [3.63, 3.8) is 0 Å². The van der Waals surface area contributed by atoms with Gasteiger partial charge in [-0.25, -0.2) is 9.37 Å². The highest BCUT2D eigenvalue weighted by Crippen LogP contribution is 2.29. The molecule has 1 aromatic heterocycles. The van der Waals surface area contributed by atoms with Crippen molar-refractivity contribution in [1.29, 1.82) is 0 Å². The van der Waals surface area contributed by atoms with Gasteiger partial charge in [0, 0.05) is 23.9 Å². The lowest BCUT2D eigenvalue weighted by Crippen LogP contribution is -1.90. The van der Waals surface area contributed by atoms with Gasteiger partial charge in [0.05, 0.1) is 15.5 Å². The Morgan fingerprint density at radius 3 is 3.00 bits per heavy atom. The van der Waals surface area contributed by atoms with Gasteiger partial charge in [-0.1, -0.05) is 0 Å². The van der Waals surface area contributed by atoms with Crippen molar-refractivity contribution in [3.05, 3.63) is 46.2 Å². The number of H-pyrrole nitrogens is 1. The van der Waals surface area contributed by atoms with Crippen LogP contribution in [-0.4, -0.2) is 16.5 Å². The summed E-state index contributed by atoms with van der Waals surface area (Å²) in [5, 5.41) is 3.33. The fourth-order valence-electron chi connectivity index (χ4n) is 2.59. The molecule has 5 heteroatoms. The van der Waals surface area contributed by atoms with Crippen molar-refractivity contribution in [2.45, 2.75) is 6.42 Å². The molecule has 20 heavy (non-hydrogen) atoms. The van der Waals surface area contributed by atoms with Crippen molar-refractivity contribution in [2.75, 3.05) is 11.9 Å². The van der Waals surface area contributed by atoms with Gasteiger partial charge >= 0.3 is 0 Å². The second-order valence-corrected chi connectivity index (χ2v) is 5.77. The quantitative estimate of drug-likeness (QED) is 0.704. The van der Waals surface area contributed by atoms with Gasteiger partial charge in [-0.15, -0.1) is 0 Å². The molecule has 0 bridgehead atoms. The van der Waals surface area contributed by atoms with Crippen LogP contribution in [0.25, 0.3) is 22.4 Å². The van der Waals surface area contributed by atoms with E-state index < -0.39 is 0 Å². The normalized spacial score (nSPS) is 13.5. The highest BCUT2D eigenvalue weighted by atomic mass is 79.9. The Bertz CT molecular complexity index is 786. The topological polar surface area (TPSA) is 40.7 Å². The maximum absolute atomic E-state index is 13.5. The largest absolute Gasteiger partial charge is 0.384 e. The molecular weight excluding hydrogens is 321 g/mol. The standard InChI is InChI=1S/C15H11BrFN3/c16-10-6-13-14(7-11(10)17)20-15(19-13)9-1-2-12-8(5-9)3-4-18-12/h1-2,5-7,18H,3-4H2,(H,19,20). The van der Waals surface area contributed by atoms with E-state index in [-0.39, 0.29) is 5.82 Å². The maximum atomic E-state index is 13.5. The average Bonchev–Trinajstić information content (AvgIpc) is 3.04. The molecule has 0 saturated heterocycles. The summed E-state index contributed by atoms with van der Waals surface area (Å²) in [6, 6.07) is 9.39. The minimum Gasteiger partial charge on any atom is -0.384 e. The molecule has 2 aromatic carbocycles. The van der Waals surface area contributed by atoms with Gasteiger partial charge < -0.3 is 10.3 Å². The zero-order chi connectivity index (χ0) is 13.7. The minimum atomic E-state index is -0.286. The summed E-state index contributed by atoms with van der Waals surface area (Å²) < 4.78 is 14.0. The molecule has 2 N–H and O–H groups in total. The number of imidazole rings is 1. The summed E-state index contributed by atoms with van der Waals surface area (Å²) in [6.07, 6.45) is 1.03. The molecule has 0 saturated carbocycles. The number of rotatable bonds is 1. The number of anilines is 1. The van der Waals surface area contributed by atoms with E-state index in [0.29, 0.717) is 9.99 Å². The summed E-state index contributed by atoms with van der Waals surface area (Å²) in [4.78, 5) is 7.72. The van der Waals surface area contributed by atoms with Gasteiger partial charge in [-0.05, 0) is 52.2 Å². The first-order chi connectivity index (χ1) is 9.70. The molecule has 0 spiro atoms. The number of nitrogens with zero attached hydrogens (tertiary/aromatic N) is 1. The lowest BCUT2D eigenvalue weighted by Gasteiger charge is -2.01. The fourth-order valence-corrected chi connectivity index (χ4v) is 2.93. The lowest BCUT2D eigenvalue weighted by atomic mass is 10.1. The summed E-state index contributed by atoms with van der Waals surface area (Å²) in [5.74, 6) is 0.484. The zero-order valence-electron chi connectivity index (χ0n) is 10.5. The third-order valence-corrected chi connectivity index (χ3v) is 4.22. The number of aromatic nitrogens is 2. The van der Waals surface area contributed by atoms with Crippen LogP contribution in [0.15, 0.2) is 34.8 Å². The molecule has 1 aliphatic heterocycles. The van der Waals surface area contributed by atoms with Crippen molar-refractivity contribution < 1.29 is 4.39 Å². The van der Waals surface area contributed by atoms with E-state index in [9.17, 15) is 4.39 Å². The van der Waals surface area contributed by atoms with Gasteiger partial charge in [0.15, 0.2) is 0 Å². The zero-order valence-corrected chi connectivity index (χ0v) is 12.1. The van der Waals surface area contributed by atoms with E-state index in [1.807, 2.05) is 6.07 Å². The number of hydrogen-bond donors (Lipinski definition) is 2. The lowest BCUT2D eigenvalue weighted by molar-refractivity contribution is 0.623. The Morgan fingerprint density at radius 1 is 1.20 bits per heavy atom. The number of aromatic amines is 1. The first kappa shape index (κ1) is 11.9. The van der Waals surface area contributed by atoms with Gasteiger partial charge in [0.1, 0.15) is 11.6 Å². The summed E-state index contributed by atoms with van der Waals surface area (Å²) in [7, 11) is 0. The van der Waals surface area contributed by atoms with Crippen LogP contribution in [0.1, 0.15) is 5.56 Å². The summed E-state index contributed by atoms with van der Waals surface area (Å²) in [6.45, 7) is 0.983. The van der Waals surface area contributed by atoms with Crippen LogP contribution in [0.4, 0.5) is 10.1 Å². The predicted molar refractivity (Wildman–Crippen MR) is 81.4 cm³/mol. The van der Waals surface area contributed by atoms with Crippen molar-refractivity contribution in [2.24, 2.45) is 0 Å². The van der Waals surface area contributed by atoms with Crippen molar-refractivity contribution in [1.82, 2.24) is 9.97 Å². The smallest absolute Gasteiger partial charge is 0.139 e. The van der Waals surface area contributed by atoms with E-state index in [2.05, 4.69) is 43.3 Å². The molecule has 4 rings (SSSR count). The predicted octanol–water partition coefficient (Wildman–Crippen LogP) is 4.10. The van der Waals surface area contributed by atoms with Crippen LogP contribution >= 0.6 is 15.9 Å². The third-order valence-electron chi connectivity index (χ3n) is 3.61. The molecule has 0 radical (unpaired) electrons. The van der Waals surface area contributed by atoms with E-state index in [1.165, 1.54) is 17.3 Å². The SMILES string of the molecule is Fc1cc2[nH]c(-c3ccc4c(c3)CCN4)nc2cc1Br. The van der Waals surface area contributed by atoms with E-state index >= 15 is 0 Å². The van der Waals surface area contributed by atoms with Crippen LogP contribution in [0, 0.1) is 5.82 Å². The molecule has 3 nitrogen and oxygen atoms in total. The highest BCUT2D eigenvalue weighted by Gasteiger charge is 2.13. The molecule has 0 atom stereocenters. The van der Waals surface area contributed by atoms with Crippen LogP contribution < -0.4 is 5.32 Å². The number of benzene rings is 2. The second kappa shape index (κ2) is 4.31. The third kappa shape index (κ3) is 1.81. The van der Waals surface area contributed by atoms with Crippen LogP contribution in [0.3, 0.4) is 0 Å². The van der Waals surface area contributed by atoms with Gasteiger partial charge in [-0.2, -0.15) is 0 Å². The minimum absolute atomic E-state index is 0.286. The Labute approximate surface area is 123 Å². The van der Waals surface area contributed by atoms with Crippen molar-refractivity contribution in [3.8, 4) is 11.4 Å². The average molecular weight is 332 g/mol. The second-order valence-electron chi connectivity index (χ2n) is 4.92.